The SMILES string of the molecule is Cc1cccc(-c2ccn(-c3cc(N4CCOCC4)n4nc(-c5cc(C)nn5CCN(C)C)cc4n3)n2)c1. The van der Waals surface area contributed by atoms with Crippen LogP contribution in [0.25, 0.3) is 34.1 Å². The van der Waals surface area contributed by atoms with Gasteiger partial charge in [0.25, 0.3) is 0 Å². The van der Waals surface area contributed by atoms with Crippen molar-refractivity contribution in [2.75, 3.05) is 51.8 Å². The Morgan fingerprint density at radius 3 is 2.55 bits per heavy atom. The Labute approximate surface area is 222 Å². The summed E-state index contributed by atoms with van der Waals surface area (Å²) in [6.07, 6.45) is 1.97. The van der Waals surface area contributed by atoms with Crippen molar-refractivity contribution in [1.29, 1.82) is 0 Å². The molecule has 4 aromatic heterocycles. The van der Waals surface area contributed by atoms with Gasteiger partial charge < -0.3 is 14.5 Å². The molecule has 0 atom stereocenters. The van der Waals surface area contributed by atoms with E-state index in [2.05, 4.69) is 67.2 Å². The fourth-order valence-electron chi connectivity index (χ4n) is 4.83. The summed E-state index contributed by atoms with van der Waals surface area (Å²) in [5.41, 5.74) is 6.79. The number of likely N-dealkylation sites (N-methyl/N-ethyl adjacent to an activating group) is 1. The molecule has 0 unspecified atom stereocenters. The van der Waals surface area contributed by atoms with Crippen molar-refractivity contribution in [1.82, 2.24) is 39.1 Å². The Morgan fingerprint density at radius 1 is 0.921 bits per heavy atom. The number of nitrogens with zero attached hydrogens (tertiary/aromatic N) is 9. The van der Waals surface area contributed by atoms with Crippen molar-refractivity contribution in [2.45, 2.75) is 20.4 Å². The molecule has 1 aromatic carbocycles. The summed E-state index contributed by atoms with van der Waals surface area (Å²) in [6.45, 7) is 8.74. The van der Waals surface area contributed by atoms with Gasteiger partial charge >= 0.3 is 0 Å². The van der Waals surface area contributed by atoms with E-state index in [0.717, 1.165) is 71.8 Å². The van der Waals surface area contributed by atoms with E-state index in [4.69, 9.17) is 25.0 Å². The lowest BCUT2D eigenvalue weighted by molar-refractivity contribution is 0.122. The third-order valence-electron chi connectivity index (χ3n) is 6.79. The van der Waals surface area contributed by atoms with E-state index in [1.807, 2.05) is 39.1 Å². The van der Waals surface area contributed by atoms with E-state index in [-0.39, 0.29) is 0 Å². The monoisotopic (exact) mass is 511 g/mol. The lowest BCUT2D eigenvalue weighted by Gasteiger charge is -2.29. The molecule has 38 heavy (non-hydrogen) atoms. The summed E-state index contributed by atoms with van der Waals surface area (Å²) in [4.78, 5) is 9.45. The molecule has 1 aliphatic rings. The van der Waals surface area contributed by atoms with Gasteiger partial charge in [-0.1, -0.05) is 23.8 Å². The molecule has 1 fully saturated rings. The van der Waals surface area contributed by atoms with Crippen LogP contribution in [0.15, 0.2) is 54.7 Å². The Morgan fingerprint density at radius 2 is 1.76 bits per heavy atom. The summed E-state index contributed by atoms with van der Waals surface area (Å²) >= 11 is 0. The Hall–Kier alpha value is -4.02. The number of rotatable bonds is 7. The Balaban J connectivity index is 1.44. The van der Waals surface area contributed by atoms with E-state index in [9.17, 15) is 0 Å². The molecule has 6 rings (SSSR count). The van der Waals surface area contributed by atoms with E-state index < -0.39 is 0 Å². The topological polar surface area (TPSA) is 81.5 Å². The first-order valence-corrected chi connectivity index (χ1v) is 13.0. The van der Waals surface area contributed by atoms with Crippen LogP contribution in [0, 0.1) is 13.8 Å². The molecule has 10 nitrogen and oxygen atoms in total. The second-order valence-corrected chi connectivity index (χ2v) is 10.1. The average Bonchev–Trinajstić information content (AvgIpc) is 3.65. The number of anilines is 1. The summed E-state index contributed by atoms with van der Waals surface area (Å²) in [5, 5.41) is 14.6. The first kappa shape index (κ1) is 24.3. The number of aromatic nitrogens is 7. The first-order chi connectivity index (χ1) is 18.4. The highest BCUT2D eigenvalue weighted by Gasteiger charge is 2.21. The highest BCUT2D eigenvalue weighted by Crippen LogP contribution is 2.27. The number of benzene rings is 1. The number of aryl methyl sites for hydroxylation is 2. The zero-order valence-corrected chi connectivity index (χ0v) is 22.4. The van der Waals surface area contributed by atoms with Gasteiger partial charge in [-0.05, 0) is 46.1 Å². The first-order valence-electron chi connectivity index (χ1n) is 13.0. The Kier molecular flexibility index (Phi) is 6.42. The molecular weight excluding hydrogens is 478 g/mol. The zero-order chi connectivity index (χ0) is 26.2. The van der Waals surface area contributed by atoms with Crippen molar-refractivity contribution in [3.8, 4) is 28.5 Å². The summed E-state index contributed by atoms with van der Waals surface area (Å²) in [7, 11) is 4.14. The summed E-state index contributed by atoms with van der Waals surface area (Å²) < 4.78 is 11.5. The second-order valence-electron chi connectivity index (χ2n) is 10.1. The molecule has 1 saturated heterocycles. The van der Waals surface area contributed by atoms with Crippen molar-refractivity contribution in [3.05, 3.63) is 66.0 Å². The number of hydrogen-bond acceptors (Lipinski definition) is 7. The van der Waals surface area contributed by atoms with Crippen LogP contribution in [0.3, 0.4) is 0 Å². The molecule has 0 saturated carbocycles. The fourth-order valence-corrected chi connectivity index (χ4v) is 4.83. The molecular formula is C28H33N9O. The predicted octanol–water partition coefficient (Wildman–Crippen LogP) is 3.46. The third-order valence-corrected chi connectivity index (χ3v) is 6.79. The van der Waals surface area contributed by atoms with Crippen LogP contribution in [0.2, 0.25) is 0 Å². The smallest absolute Gasteiger partial charge is 0.160 e. The quantitative estimate of drug-likeness (QED) is 0.331. The van der Waals surface area contributed by atoms with E-state index in [0.29, 0.717) is 13.2 Å². The van der Waals surface area contributed by atoms with Gasteiger partial charge in [0.15, 0.2) is 11.5 Å². The van der Waals surface area contributed by atoms with Gasteiger partial charge in [0.2, 0.25) is 0 Å². The molecule has 5 heterocycles. The lowest BCUT2D eigenvalue weighted by atomic mass is 10.1. The van der Waals surface area contributed by atoms with Crippen molar-refractivity contribution in [3.63, 3.8) is 0 Å². The lowest BCUT2D eigenvalue weighted by Crippen LogP contribution is -2.37. The van der Waals surface area contributed by atoms with Crippen molar-refractivity contribution >= 4 is 11.5 Å². The van der Waals surface area contributed by atoms with Gasteiger partial charge in [0.05, 0.1) is 36.8 Å². The minimum absolute atomic E-state index is 0.684. The normalized spacial score (nSPS) is 14.2. The van der Waals surface area contributed by atoms with Crippen molar-refractivity contribution < 1.29 is 4.74 Å². The maximum absolute atomic E-state index is 5.63. The largest absolute Gasteiger partial charge is 0.378 e. The standard InChI is InChI=1S/C28H33N9O/c1-20-6-5-7-22(16-20)23-8-9-36(31-23)26-19-28(34-12-14-38-15-13-34)37-27(29-26)18-24(32-37)25-17-21(2)30-35(25)11-10-33(3)4/h5-9,16-19H,10-15H2,1-4H3. The second kappa shape index (κ2) is 10.0. The molecule has 0 amide bonds. The third kappa shape index (κ3) is 4.80. The highest BCUT2D eigenvalue weighted by molar-refractivity contribution is 5.65. The van der Waals surface area contributed by atoms with Gasteiger partial charge in [0, 0.05) is 43.5 Å². The zero-order valence-electron chi connectivity index (χ0n) is 22.4. The molecule has 0 bridgehead atoms. The maximum Gasteiger partial charge on any atom is 0.160 e. The van der Waals surface area contributed by atoms with Gasteiger partial charge in [-0.15, -0.1) is 0 Å². The van der Waals surface area contributed by atoms with Crippen LogP contribution in [0.1, 0.15) is 11.3 Å². The molecule has 0 N–H and O–H groups in total. The molecule has 0 radical (unpaired) electrons. The number of hydrogen-bond donors (Lipinski definition) is 0. The summed E-state index contributed by atoms with van der Waals surface area (Å²) in [6, 6.07) is 16.6. The van der Waals surface area contributed by atoms with E-state index in [1.54, 1.807) is 0 Å². The van der Waals surface area contributed by atoms with Gasteiger partial charge in [-0.25, -0.2) is 9.67 Å². The minimum Gasteiger partial charge on any atom is -0.378 e. The average molecular weight is 512 g/mol. The maximum atomic E-state index is 5.63. The molecule has 5 aromatic rings. The predicted molar refractivity (Wildman–Crippen MR) is 148 cm³/mol. The molecule has 196 valence electrons. The highest BCUT2D eigenvalue weighted by atomic mass is 16.5. The minimum atomic E-state index is 0.684. The van der Waals surface area contributed by atoms with E-state index in [1.165, 1.54) is 5.56 Å². The molecule has 0 spiro atoms. The van der Waals surface area contributed by atoms with Gasteiger partial charge in [-0.3, -0.25) is 4.68 Å². The molecule has 0 aliphatic carbocycles. The van der Waals surface area contributed by atoms with Gasteiger partial charge in [-0.2, -0.15) is 19.8 Å². The van der Waals surface area contributed by atoms with Crippen LogP contribution >= 0.6 is 0 Å². The van der Waals surface area contributed by atoms with Crippen LogP contribution in [-0.2, 0) is 11.3 Å². The number of ether oxygens (including phenoxy) is 1. The summed E-state index contributed by atoms with van der Waals surface area (Å²) in [5.74, 6) is 1.73. The van der Waals surface area contributed by atoms with Crippen molar-refractivity contribution in [2.24, 2.45) is 0 Å². The Bertz CT molecular complexity index is 1570. The van der Waals surface area contributed by atoms with E-state index >= 15 is 0 Å². The van der Waals surface area contributed by atoms with Crippen LogP contribution in [0.4, 0.5) is 5.82 Å². The number of morpholine rings is 1. The molecule has 10 heteroatoms. The molecule has 1 aliphatic heterocycles. The van der Waals surface area contributed by atoms with Crippen LogP contribution in [0.5, 0.6) is 0 Å². The van der Waals surface area contributed by atoms with Gasteiger partial charge in [0.1, 0.15) is 11.5 Å². The number of fused-ring (bicyclic) bond motifs is 1. The van der Waals surface area contributed by atoms with Crippen LogP contribution in [-0.4, -0.2) is 86.0 Å². The fraction of sp³-hybridized carbons (Fsp3) is 0.357. The van der Waals surface area contributed by atoms with Crippen LogP contribution < -0.4 is 4.90 Å².